The Labute approximate surface area is 279 Å². The van der Waals surface area contributed by atoms with E-state index in [1.54, 1.807) is 0 Å². The van der Waals surface area contributed by atoms with Crippen molar-refractivity contribution in [2.75, 3.05) is 25.1 Å². The molecule has 0 bridgehead atoms. The molecule has 3 aliphatic carbocycles. The van der Waals surface area contributed by atoms with Crippen LogP contribution >= 0.6 is 0 Å². The van der Waals surface area contributed by atoms with Gasteiger partial charge in [-0.05, 0) is 41.6 Å². The monoisotopic (exact) mass is 675 g/mol. The second-order valence-corrected chi connectivity index (χ2v) is 17.9. The number of nitrogens with zero attached hydrogens (tertiary/aromatic N) is 1. The van der Waals surface area contributed by atoms with Gasteiger partial charge in [0.05, 0.1) is 17.3 Å². The zero-order valence-corrected chi connectivity index (χ0v) is 29.6. The first-order valence-corrected chi connectivity index (χ1v) is 18.9. The molecular weight excluding hydrogens is 622 g/mol. The van der Waals surface area contributed by atoms with E-state index >= 15 is 0 Å². The van der Waals surface area contributed by atoms with E-state index in [1.807, 2.05) is 34.6 Å². The number of nitrogens with one attached hydrogen (secondary N) is 4. The lowest BCUT2D eigenvalue weighted by atomic mass is 9.80. The van der Waals surface area contributed by atoms with Crippen molar-refractivity contribution in [3.05, 3.63) is 23.9 Å². The van der Waals surface area contributed by atoms with Crippen molar-refractivity contribution in [2.45, 2.75) is 110 Å². The van der Waals surface area contributed by atoms with Crippen LogP contribution in [0, 0.1) is 22.7 Å². The number of hydrogen-bond donors (Lipinski definition) is 4. The smallest absolute Gasteiger partial charge is 0.315 e. The normalized spacial score (nSPS) is 23.0. The highest BCUT2D eigenvalue weighted by molar-refractivity contribution is 7.90. The van der Waals surface area contributed by atoms with Gasteiger partial charge in [0.15, 0.2) is 0 Å². The molecule has 262 valence electrons. The van der Waals surface area contributed by atoms with Crippen molar-refractivity contribution >= 4 is 39.4 Å². The second-order valence-electron chi connectivity index (χ2n) is 15.7. The first-order chi connectivity index (χ1) is 21.8. The maximum absolute atomic E-state index is 14.3. The van der Waals surface area contributed by atoms with Crippen LogP contribution in [0.4, 0.5) is 4.79 Å². The summed E-state index contributed by atoms with van der Waals surface area (Å²) < 4.78 is 24.6. The minimum Gasteiger partial charge on any atom is -0.346 e. The highest BCUT2D eigenvalue weighted by Crippen LogP contribution is 2.63. The number of carbonyl (C=O) groups excluding carboxylic acids is 5. The Morgan fingerprint density at radius 3 is 2.19 bits per heavy atom. The van der Waals surface area contributed by atoms with Gasteiger partial charge in [-0.2, -0.15) is 0 Å². The lowest BCUT2D eigenvalue weighted by molar-refractivity contribution is -0.140. The van der Waals surface area contributed by atoms with Crippen LogP contribution in [0.2, 0.25) is 0 Å². The van der Waals surface area contributed by atoms with Crippen molar-refractivity contribution in [3.63, 3.8) is 0 Å². The first-order valence-electron chi connectivity index (χ1n) is 16.9. The first kappa shape index (κ1) is 36.6. The molecule has 1 heterocycles. The molecule has 3 atom stereocenters. The van der Waals surface area contributed by atoms with E-state index in [4.69, 9.17) is 0 Å². The van der Waals surface area contributed by atoms with E-state index in [1.165, 1.54) is 11.0 Å². The van der Waals surface area contributed by atoms with Gasteiger partial charge in [0.1, 0.15) is 21.6 Å². The molecule has 47 heavy (non-hydrogen) atoms. The summed E-state index contributed by atoms with van der Waals surface area (Å²) in [6.45, 7) is 13.4. The summed E-state index contributed by atoms with van der Waals surface area (Å²) in [5.74, 6) is -2.64. The van der Waals surface area contributed by atoms with Crippen LogP contribution in [0.5, 0.6) is 0 Å². The van der Waals surface area contributed by atoms with Gasteiger partial charge in [-0.3, -0.25) is 19.2 Å². The largest absolute Gasteiger partial charge is 0.346 e. The van der Waals surface area contributed by atoms with Crippen molar-refractivity contribution in [1.29, 1.82) is 0 Å². The SMILES string of the molecule is C=CCNC(=O)C(=O)C(CC1CCC1)NC(=O)C1=C2[C@@H](CN1C(=O)[C@@H](NC(=O)NC1(CS(C)(=O)=O)CCCCC1)C(C)(C)C)C2(C)C. The fourth-order valence-corrected chi connectivity index (χ4v) is 8.84. The quantitative estimate of drug-likeness (QED) is 0.172. The molecule has 1 aliphatic heterocycles. The third-order valence-electron chi connectivity index (χ3n) is 10.4. The van der Waals surface area contributed by atoms with E-state index in [-0.39, 0.29) is 41.8 Å². The molecule has 4 N–H and O–H groups in total. The van der Waals surface area contributed by atoms with Gasteiger partial charge in [0.2, 0.25) is 11.7 Å². The number of sulfone groups is 1. The van der Waals surface area contributed by atoms with Crippen LogP contribution in [0.1, 0.15) is 92.4 Å². The molecule has 12 nitrogen and oxygen atoms in total. The van der Waals surface area contributed by atoms with Crippen molar-refractivity contribution in [2.24, 2.45) is 22.7 Å². The minimum absolute atomic E-state index is 0.0569. The molecule has 0 aromatic rings. The lowest BCUT2D eigenvalue weighted by Crippen LogP contribution is -2.62. The molecule has 13 heteroatoms. The Balaban J connectivity index is 1.56. The number of hydrogen-bond acceptors (Lipinski definition) is 7. The maximum Gasteiger partial charge on any atom is 0.315 e. The van der Waals surface area contributed by atoms with Crippen LogP contribution in [-0.4, -0.2) is 85.6 Å². The van der Waals surface area contributed by atoms with E-state index in [0.29, 0.717) is 19.3 Å². The van der Waals surface area contributed by atoms with Crippen LogP contribution in [-0.2, 0) is 29.0 Å². The van der Waals surface area contributed by atoms with E-state index < -0.39 is 62.4 Å². The zero-order chi connectivity index (χ0) is 34.9. The number of amides is 5. The summed E-state index contributed by atoms with van der Waals surface area (Å²) in [5, 5.41) is 11.1. The minimum atomic E-state index is -3.40. The predicted molar refractivity (Wildman–Crippen MR) is 179 cm³/mol. The number of urea groups is 1. The van der Waals surface area contributed by atoms with E-state index in [2.05, 4.69) is 27.8 Å². The standard InChI is InChI=1S/C34H53N5O7S/c1-8-17-35-29(42)26(40)23(18-21-13-12-14-21)36-28(41)25-24-22(33(24,5)6)19-39(25)30(43)27(32(2,3)4)37-31(44)38-34(20-47(7,45)46)15-10-9-11-16-34/h8,21-23,27H,1,9-20H2,2-7H3,(H,35,42)(H,36,41)(H2,37,38,44)/t22-,23?,27-/m1/s1. The van der Waals surface area contributed by atoms with E-state index in [9.17, 15) is 32.4 Å². The van der Waals surface area contributed by atoms with Crippen LogP contribution in [0.3, 0.4) is 0 Å². The van der Waals surface area contributed by atoms with Gasteiger partial charge in [-0.25, -0.2) is 13.2 Å². The average Bonchev–Trinajstić information content (AvgIpc) is 3.25. The molecule has 0 radical (unpaired) electrons. The van der Waals surface area contributed by atoms with Gasteiger partial charge in [-0.1, -0.05) is 79.2 Å². The van der Waals surface area contributed by atoms with E-state index in [0.717, 1.165) is 50.4 Å². The number of rotatable bonds is 13. The molecule has 3 fully saturated rings. The summed E-state index contributed by atoms with van der Waals surface area (Å²) >= 11 is 0. The van der Waals surface area contributed by atoms with Gasteiger partial charge in [0, 0.05) is 25.3 Å². The molecule has 3 saturated carbocycles. The third-order valence-corrected chi connectivity index (χ3v) is 11.4. The highest BCUT2D eigenvalue weighted by Gasteiger charge is 2.62. The van der Waals surface area contributed by atoms with Gasteiger partial charge < -0.3 is 26.2 Å². The molecule has 0 aromatic carbocycles. The molecular formula is C34H53N5O7S. The zero-order valence-electron chi connectivity index (χ0n) is 28.8. The predicted octanol–water partition coefficient (Wildman–Crippen LogP) is 2.75. The topological polar surface area (TPSA) is 171 Å². The maximum atomic E-state index is 14.3. The van der Waals surface area contributed by atoms with Crippen molar-refractivity contribution in [3.8, 4) is 0 Å². The highest BCUT2D eigenvalue weighted by atomic mass is 32.2. The van der Waals surface area contributed by atoms with Crippen molar-refractivity contribution < 1.29 is 32.4 Å². The number of Topliss-reactive ketones (excluding diaryl/α,β-unsaturated/α-hetero) is 1. The Hall–Kier alpha value is -3.22. The molecule has 4 rings (SSSR count). The molecule has 0 saturated heterocycles. The molecule has 4 aliphatic rings. The average molecular weight is 676 g/mol. The van der Waals surface area contributed by atoms with Crippen LogP contribution in [0.15, 0.2) is 23.9 Å². The number of carbonyl (C=O) groups is 5. The van der Waals surface area contributed by atoms with Gasteiger partial charge in [-0.15, -0.1) is 6.58 Å². The fourth-order valence-electron chi connectivity index (χ4n) is 7.47. The van der Waals surface area contributed by atoms with Gasteiger partial charge >= 0.3 is 6.03 Å². The Morgan fingerprint density at radius 1 is 1.02 bits per heavy atom. The molecule has 1 unspecified atom stereocenters. The van der Waals surface area contributed by atoms with Crippen LogP contribution < -0.4 is 21.3 Å². The summed E-state index contributed by atoms with van der Waals surface area (Å²) in [6, 6.07) is -2.74. The van der Waals surface area contributed by atoms with Crippen LogP contribution in [0.25, 0.3) is 0 Å². The summed E-state index contributed by atoms with van der Waals surface area (Å²) in [4.78, 5) is 69.1. The fraction of sp³-hybridized carbons (Fsp3) is 0.735. The van der Waals surface area contributed by atoms with Crippen molar-refractivity contribution in [1.82, 2.24) is 26.2 Å². The molecule has 0 spiro atoms. The third kappa shape index (κ3) is 8.45. The Bertz CT molecular complexity index is 1430. The summed E-state index contributed by atoms with van der Waals surface area (Å²) in [6.07, 6.45) is 9.37. The Kier molecular flexibility index (Phi) is 10.7. The van der Waals surface area contributed by atoms with Gasteiger partial charge in [0.25, 0.3) is 11.8 Å². The molecule has 0 aromatic heterocycles. The number of ketones is 1. The Morgan fingerprint density at radius 2 is 1.66 bits per heavy atom. The summed E-state index contributed by atoms with van der Waals surface area (Å²) in [7, 11) is -3.40. The summed E-state index contributed by atoms with van der Waals surface area (Å²) in [5.41, 5.74) is -1.04. The second kappa shape index (κ2) is 13.7. The molecule has 5 amide bonds. The number of fused-ring (bicyclic) bond motifs is 1. The lowest BCUT2D eigenvalue weighted by Gasteiger charge is -2.39.